The van der Waals surface area contributed by atoms with Crippen molar-refractivity contribution >= 4 is 35.8 Å². The van der Waals surface area contributed by atoms with E-state index in [0.29, 0.717) is 24.7 Å². The molecule has 3 fully saturated rings. The molecule has 1 atom stereocenters. The van der Waals surface area contributed by atoms with Crippen LogP contribution in [0.4, 0.5) is 0 Å². The molecule has 0 bridgehead atoms. The van der Waals surface area contributed by atoms with Crippen molar-refractivity contribution in [1.29, 1.82) is 0 Å². The fourth-order valence-electron chi connectivity index (χ4n) is 3.73. The van der Waals surface area contributed by atoms with E-state index in [2.05, 4.69) is 20.5 Å². The summed E-state index contributed by atoms with van der Waals surface area (Å²) in [6.45, 7) is 4.31. The van der Waals surface area contributed by atoms with Crippen LogP contribution in [0.5, 0.6) is 0 Å². The number of guanidine groups is 1. The summed E-state index contributed by atoms with van der Waals surface area (Å²) < 4.78 is 11.8. The van der Waals surface area contributed by atoms with Crippen LogP contribution in [0, 0.1) is 0 Å². The molecule has 2 aliphatic heterocycles. The first-order chi connectivity index (χ1) is 13.2. The summed E-state index contributed by atoms with van der Waals surface area (Å²) in [6.07, 6.45) is 9.96. The molecular formula is C20H37IN4O3. The van der Waals surface area contributed by atoms with Gasteiger partial charge in [0.2, 0.25) is 5.91 Å². The summed E-state index contributed by atoms with van der Waals surface area (Å²) in [5.74, 6) is 1.11. The lowest BCUT2D eigenvalue weighted by atomic mass is 10.1. The van der Waals surface area contributed by atoms with Gasteiger partial charge < -0.3 is 25.0 Å². The maximum Gasteiger partial charge on any atom is 0.220 e. The second-order valence-electron chi connectivity index (χ2n) is 7.93. The predicted octanol–water partition coefficient (Wildman–Crippen LogP) is 2.29. The van der Waals surface area contributed by atoms with Gasteiger partial charge in [0.15, 0.2) is 5.96 Å². The number of piperidine rings is 1. The Morgan fingerprint density at radius 1 is 1.18 bits per heavy atom. The van der Waals surface area contributed by atoms with Crippen LogP contribution in [0.2, 0.25) is 0 Å². The Hall–Kier alpha value is -0.610. The number of ether oxygens (including phenoxy) is 2. The van der Waals surface area contributed by atoms with Gasteiger partial charge in [-0.1, -0.05) is 0 Å². The molecule has 3 aliphatic rings. The van der Waals surface area contributed by atoms with Crippen LogP contribution in [-0.4, -0.2) is 74.9 Å². The Morgan fingerprint density at radius 3 is 2.61 bits per heavy atom. The molecule has 3 rings (SSSR count). The first kappa shape index (κ1) is 23.7. The van der Waals surface area contributed by atoms with E-state index < -0.39 is 0 Å². The number of aliphatic imine (C=N–C) groups is 1. The van der Waals surface area contributed by atoms with E-state index in [4.69, 9.17) is 9.47 Å². The van der Waals surface area contributed by atoms with Gasteiger partial charge in [0.25, 0.3) is 0 Å². The van der Waals surface area contributed by atoms with Gasteiger partial charge in [-0.15, -0.1) is 24.0 Å². The van der Waals surface area contributed by atoms with E-state index in [9.17, 15) is 4.79 Å². The minimum Gasteiger partial charge on any atom is -0.376 e. The highest BCUT2D eigenvalue weighted by Gasteiger charge is 2.24. The zero-order valence-electron chi connectivity index (χ0n) is 17.2. The molecule has 0 radical (unpaired) electrons. The zero-order chi connectivity index (χ0) is 18.9. The lowest BCUT2D eigenvalue weighted by Crippen LogP contribution is -2.47. The van der Waals surface area contributed by atoms with Crippen molar-refractivity contribution in [2.45, 2.75) is 76.0 Å². The number of carbonyl (C=O) groups is 1. The second-order valence-corrected chi connectivity index (χ2v) is 7.93. The molecule has 2 saturated heterocycles. The maximum absolute atomic E-state index is 11.7. The van der Waals surface area contributed by atoms with Gasteiger partial charge in [-0.05, 0) is 51.4 Å². The van der Waals surface area contributed by atoms with Crippen molar-refractivity contribution in [2.24, 2.45) is 4.99 Å². The number of carbonyl (C=O) groups excluding carboxylic acids is 1. The molecule has 2 N–H and O–H groups in total. The van der Waals surface area contributed by atoms with Gasteiger partial charge in [0.1, 0.15) is 0 Å². The van der Waals surface area contributed by atoms with Crippen LogP contribution >= 0.6 is 24.0 Å². The third-order valence-electron chi connectivity index (χ3n) is 5.55. The van der Waals surface area contributed by atoms with Crippen LogP contribution in [0.25, 0.3) is 0 Å². The van der Waals surface area contributed by atoms with Crippen LogP contribution in [0.15, 0.2) is 4.99 Å². The van der Waals surface area contributed by atoms with Crippen molar-refractivity contribution in [3.63, 3.8) is 0 Å². The number of halogens is 1. The van der Waals surface area contributed by atoms with Gasteiger partial charge in [-0.25, -0.2) is 0 Å². The van der Waals surface area contributed by atoms with Crippen molar-refractivity contribution < 1.29 is 14.3 Å². The molecule has 1 saturated carbocycles. The van der Waals surface area contributed by atoms with Gasteiger partial charge in [-0.3, -0.25) is 9.79 Å². The highest BCUT2D eigenvalue weighted by atomic mass is 127. The average molecular weight is 508 g/mol. The highest BCUT2D eigenvalue weighted by Crippen LogP contribution is 2.19. The van der Waals surface area contributed by atoms with Gasteiger partial charge in [0.05, 0.1) is 18.8 Å². The minimum atomic E-state index is 0. The Kier molecular flexibility index (Phi) is 10.9. The quantitative estimate of drug-likeness (QED) is 0.228. The average Bonchev–Trinajstić information content (AvgIpc) is 3.52. The Balaban J connectivity index is 0.00000280. The Morgan fingerprint density at radius 2 is 1.96 bits per heavy atom. The number of nitrogens with zero attached hydrogens (tertiary/aromatic N) is 2. The van der Waals surface area contributed by atoms with Crippen molar-refractivity contribution in [2.75, 3.05) is 39.9 Å². The fraction of sp³-hybridized carbons (Fsp3) is 0.900. The maximum atomic E-state index is 11.7. The Labute approximate surface area is 186 Å². The zero-order valence-corrected chi connectivity index (χ0v) is 19.5. The van der Waals surface area contributed by atoms with Crippen LogP contribution in [-0.2, 0) is 14.3 Å². The SMILES string of the molecule is CN=C(NCCCC(=O)NC1CC1)N1CCC(OCC2CCCCO2)CC1.I. The summed E-state index contributed by atoms with van der Waals surface area (Å²) in [4.78, 5) is 18.4. The lowest BCUT2D eigenvalue weighted by Gasteiger charge is -2.35. The molecule has 28 heavy (non-hydrogen) atoms. The monoisotopic (exact) mass is 508 g/mol. The van der Waals surface area contributed by atoms with Crippen LogP contribution < -0.4 is 10.6 Å². The summed E-state index contributed by atoms with van der Waals surface area (Å²) in [6, 6.07) is 0.450. The van der Waals surface area contributed by atoms with E-state index in [0.717, 1.165) is 77.3 Å². The van der Waals surface area contributed by atoms with Gasteiger partial charge in [0, 0.05) is 45.8 Å². The van der Waals surface area contributed by atoms with E-state index in [1.165, 1.54) is 12.8 Å². The number of hydrogen-bond acceptors (Lipinski definition) is 4. The van der Waals surface area contributed by atoms with Crippen LogP contribution in [0.1, 0.15) is 57.8 Å². The molecule has 162 valence electrons. The largest absolute Gasteiger partial charge is 0.376 e. The van der Waals surface area contributed by atoms with Crippen molar-refractivity contribution in [3.05, 3.63) is 0 Å². The van der Waals surface area contributed by atoms with Gasteiger partial charge >= 0.3 is 0 Å². The third kappa shape index (κ3) is 8.41. The molecule has 0 aromatic carbocycles. The number of hydrogen-bond donors (Lipinski definition) is 2. The number of amides is 1. The molecular weight excluding hydrogens is 471 g/mol. The first-order valence-corrected chi connectivity index (χ1v) is 10.7. The third-order valence-corrected chi connectivity index (χ3v) is 5.55. The lowest BCUT2D eigenvalue weighted by molar-refractivity contribution is -0.121. The molecule has 1 amide bonds. The summed E-state index contributed by atoms with van der Waals surface area (Å²) in [5.41, 5.74) is 0. The topological polar surface area (TPSA) is 75.2 Å². The summed E-state index contributed by atoms with van der Waals surface area (Å²) >= 11 is 0. The smallest absolute Gasteiger partial charge is 0.220 e. The Bertz CT molecular complexity index is 488. The molecule has 7 nitrogen and oxygen atoms in total. The molecule has 1 aliphatic carbocycles. The van der Waals surface area contributed by atoms with E-state index in [1.54, 1.807) is 0 Å². The minimum absolute atomic E-state index is 0. The standard InChI is InChI=1S/C20H36N4O3.HI/c1-21-20(22-11-4-6-19(25)23-16-7-8-16)24-12-9-17(10-13-24)27-15-18-5-2-3-14-26-18;/h16-18H,2-15H2,1H3,(H,21,22)(H,23,25);1H. The van der Waals surface area contributed by atoms with Crippen molar-refractivity contribution in [1.82, 2.24) is 15.5 Å². The van der Waals surface area contributed by atoms with Gasteiger partial charge in [-0.2, -0.15) is 0 Å². The predicted molar refractivity (Wildman–Crippen MR) is 121 cm³/mol. The summed E-state index contributed by atoms with van der Waals surface area (Å²) in [7, 11) is 1.82. The van der Waals surface area contributed by atoms with Crippen LogP contribution in [0.3, 0.4) is 0 Å². The second kappa shape index (κ2) is 12.8. The van der Waals surface area contributed by atoms with E-state index in [1.807, 2.05) is 7.05 Å². The number of nitrogens with one attached hydrogen (secondary N) is 2. The summed E-state index contributed by atoms with van der Waals surface area (Å²) in [5, 5.41) is 6.43. The number of likely N-dealkylation sites (tertiary alicyclic amines) is 1. The first-order valence-electron chi connectivity index (χ1n) is 10.7. The molecule has 1 unspecified atom stereocenters. The van der Waals surface area contributed by atoms with Crippen molar-refractivity contribution in [3.8, 4) is 0 Å². The molecule has 0 spiro atoms. The number of rotatable bonds is 8. The molecule has 8 heteroatoms. The van der Waals surface area contributed by atoms with E-state index >= 15 is 0 Å². The highest BCUT2D eigenvalue weighted by molar-refractivity contribution is 14.0. The molecule has 2 heterocycles. The fourth-order valence-corrected chi connectivity index (χ4v) is 3.73. The molecule has 0 aromatic heterocycles. The van der Waals surface area contributed by atoms with E-state index in [-0.39, 0.29) is 29.9 Å². The molecule has 0 aromatic rings. The normalized spacial score (nSPS) is 23.8.